The van der Waals surface area contributed by atoms with Gasteiger partial charge < -0.3 is 15.4 Å². The standard InChI is InChI=1S/C8H18N4O2/c1-8(2,3)14-7(13)11-10-6(9)12(4)5/h1-5H3,(H2,9,10)(H,11,13). The number of carbonyl (C=O) groups excluding carboxylic acids is 1. The van der Waals surface area contributed by atoms with Gasteiger partial charge in [-0.05, 0) is 20.8 Å². The minimum atomic E-state index is -0.623. The van der Waals surface area contributed by atoms with Crippen LogP contribution in [0.25, 0.3) is 0 Å². The highest BCUT2D eigenvalue weighted by Crippen LogP contribution is 2.06. The summed E-state index contributed by atoms with van der Waals surface area (Å²) in [6.45, 7) is 5.31. The molecule has 82 valence electrons. The smallest absolute Gasteiger partial charge is 0.428 e. The van der Waals surface area contributed by atoms with E-state index in [0.717, 1.165) is 0 Å². The molecule has 0 heterocycles. The van der Waals surface area contributed by atoms with Gasteiger partial charge in [-0.15, -0.1) is 5.10 Å². The lowest BCUT2D eigenvalue weighted by atomic mass is 10.2. The molecule has 0 aromatic carbocycles. The third-order valence-electron chi connectivity index (χ3n) is 1.12. The molecule has 0 saturated heterocycles. The highest BCUT2D eigenvalue weighted by molar-refractivity contribution is 5.79. The molecule has 0 aliphatic heterocycles. The predicted octanol–water partition coefficient (Wildman–Crippen LogP) is 0.302. The number of nitrogens with two attached hydrogens (primary N) is 1. The van der Waals surface area contributed by atoms with E-state index in [1.165, 1.54) is 0 Å². The molecule has 0 saturated carbocycles. The Bertz CT molecular complexity index is 230. The molecule has 0 radical (unpaired) electrons. The molecule has 0 unspecified atom stereocenters. The zero-order chi connectivity index (χ0) is 11.4. The lowest BCUT2D eigenvalue weighted by Gasteiger charge is -2.18. The number of carbonyl (C=O) groups is 1. The summed E-state index contributed by atoms with van der Waals surface area (Å²) in [4.78, 5) is 12.6. The largest absolute Gasteiger partial charge is 0.443 e. The SMILES string of the molecule is CN(C)/C(N)=N/NC(=O)OC(C)(C)C. The number of ether oxygens (including phenoxy) is 1. The maximum absolute atomic E-state index is 11.1. The molecule has 0 aliphatic carbocycles. The summed E-state index contributed by atoms with van der Waals surface area (Å²) < 4.78 is 4.94. The van der Waals surface area contributed by atoms with Gasteiger partial charge in [0.05, 0.1) is 0 Å². The van der Waals surface area contributed by atoms with E-state index < -0.39 is 11.7 Å². The molecule has 0 aromatic heterocycles. The van der Waals surface area contributed by atoms with Crippen molar-refractivity contribution < 1.29 is 9.53 Å². The summed E-state index contributed by atoms with van der Waals surface area (Å²) >= 11 is 0. The monoisotopic (exact) mass is 202 g/mol. The Morgan fingerprint density at radius 3 is 2.29 bits per heavy atom. The first-order chi connectivity index (χ1) is 6.22. The van der Waals surface area contributed by atoms with E-state index in [1.807, 2.05) is 0 Å². The Labute approximate surface area is 84.1 Å². The average Bonchev–Trinajstić information content (AvgIpc) is 1.96. The summed E-state index contributed by atoms with van der Waals surface area (Å²) in [5.74, 6) is 0.204. The summed E-state index contributed by atoms with van der Waals surface area (Å²) in [5.41, 5.74) is 7.08. The molecule has 0 spiro atoms. The van der Waals surface area contributed by atoms with Gasteiger partial charge in [-0.2, -0.15) is 0 Å². The molecule has 3 N–H and O–H groups in total. The lowest BCUT2D eigenvalue weighted by Crippen LogP contribution is -2.35. The Balaban J connectivity index is 4.04. The van der Waals surface area contributed by atoms with E-state index in [9.17, 15) is 4.79 Å². The third kappa shape index (κ3) is 6.10. The first-order valence-corrected chi connectivity index (χ1v) is 4.22. The first-order valence-electron chi connectivity index (χ1n) is 4.22. The van der Waals surface area contributed by atoms with E-state index in [0.29, 0.717) is 0 Å². The Hall–Kier alpha value is -1.46. The number of hydrogen-bond acceptors (Lipinski definition) is 3. The highest BCUT2D eigenvalue weighted by Gasteiger charge is 2.15. The number of rotatable bonds is 1. The quantitative estimate of drug-likeness (QED) is 0.364. The van der Waals surface area contributed by atoms with Gasteiger partial charge >= 0.3 is 6.09 Å². The molecule has 0 aromatic rings. The molecule has 14 heavy (non-hydrogen) atoms. The minimum absolute atomic E-state index is 0.204. The summed E-state index contributed by atoms with van der Waals surface area (Å²) in [7, 11) is 3.44. The molecule has 1 amide bonds. The number of nitrogens with zero attached hydrogens (tertiary/aromatic N) is 2. The van der Waals surface area contributed by atoms with Crippen LogP contribution >= 0.6 is 0 Å². The fourth-order valence-electron chi connectivity index (χ4n) is 0.504. The molecule has 0 aliphatic rings. The number of amides is 1. The van der Waals surface area contributed by atoms with Crippen LogP contribution in [0.2, 0.25) is 0 Å². The van der Waals surface area contributed by atoms with Gasteiger partial charge in [0, 0.05) is 14.1 Å². The van der Waals surface area contributed by atoms with Crippen LogP contribution in [0, 0.1) is 0 Å². The van der Waals surface area contributed by atoms with Crippen molar-refractivity contribution in [2.45, 2.75) is 26.4 Å². The van der Waals surface area contributed by atoms with Crippen LogP contribution in [0.1, 0.15) is 20.8 Å². The molecule has 0 bridgehead atoms. The van der Waals surface area contributed by atoms with Gasteiger partial charge in [-0.1, -0.05) is 0 Å². The van der Waals surface area contributed by atoms with Crippen molar-refractivity contribution in [3.05, 3.63) is 0 Å². The minimum Gasteiger partial charge on any atom is -0.443 e. The topological polar surface area (TPSA) is 80.0 Å². The van der Waals surface area contributed by atoms with E-state index in [-0.39, 0.29) is 5.96 Å². The number of hydrazone groups is 1. The molecular formula is C8H18N4O2. The van der Waals surface area contributed by atoms with Crippen LogP contribution < -0.4 is 11.2 Å². The van der Waals surface area contributed by atoms with E-state index in [1.54, 1.807) is 39.8 Å². The summed E-state index contributed by atoms with van der Waals surface area (Å²) in [6, 6.07) is 0. The molecule has 6 nitrogen and oxygen atoms in total. The van der Waals surface area contributed by atoms with E-state index >= 15 is 0 Å². The van der Waals surface area contributed by atoms with Crippen molar-refractivity contribution in [2.75, 3.05) is 14.1 Å². The van der Waals surface area contributed by atoms with Gasteiger partial charge in [0.25, 0.3) is 0 Å². The summed E-state index contributed by atoms with van der Waals surface area (Å²) in [6.07, 6.45) is -0.623. The second-order valence-corrected chi connectivity index (χ2v) is 3.98. The van der Waals surface area contributed by atoms with Gasteiger partial charge in [-0.25, -0.2) is 10.2 Å². The van der Waals surface area contributed by atoms with Crippen LogP contribution in [0.15, 0.2) is 5.10 Å². The van der Waals surface area contributed by atoms with Crippen molar-refractivity contribution in [1.82, 2.24) is 10.3 Å². The van der Waals surface area contributed by atoms with Crippen LogP contribution in [0.5, 0.6) is 0 Å². The van der Waals surface area contributed by atoms with Crippen LogP contribution in [0.3, 0.4) is 0 Å². The second kappa shape index (κ2) is 4.69. The van der Waals surface area contributed by atoms with E-state index in [2.05, 4.69) is 10.5 Å². The fourth-order valence-corrected chi connectivity index (χ4v) is 0.504. The molecule has 6 heteroatoms. The maximum Gasteiger partial charge on any atom is 0.428 e. The van der Waals surface area contributed by atoms with Gasteiger partial charge in [0.2, 0.25) is 5.96 Å². The normalized spacial score (nSPS) is 12.2. The van der Waals surface area contributed by atoms with Gasteiger partial charge in [-0.3, -0.25) is 0 Å². The molecule has 0 atom stereocenters. The fraction of sp³-hybridized carbons (Fsp3) is 0.750. The Morgan fingerprint density at radius 1 is 1.43 bits per heavy atom. The maximum atomic E-state index is 11.1. The number of nitrogens with one attached hydrogen (secondary N) is 1. The third-order valence-corrected chi connectivity index (χ3v) is 1.12. The van der Waals surface area contributed by atoms with Crippen LogP contribution in [-0.4, -0.2) is 36.6 Å². The van der Waals surface area contributed by atoms with Crippen molar-refractivity contribution in [1.29, 1.82) is 0 Å². The van der Waals surface area contributed by atoms with Crippen molar-refractivity contribution >= 4 is 12.1 Å². The van der Waals surface area contributed by atoms with Crippen LogP contribution in [-0.2, 0) is 4.74 Å². The molecular weight excluding hydrogens is 184 g/mol. The second-order valence-electron chi connectivity index (χ2n) is 3.98. The Kier molecular flexibility index (Phi) is 4.20. The highest BCUT2D eigenvalue weighted by atomic mass is 16.6. The zero-order valence-electron chi connectivity index (χ0n) is 9.29. The van der Waals surface area contributed by atoms with Crippen molar-refractivity contribution in [3.8, 4) is 0 Å². The van der Waals surface area contributed by atoms with Gasteiger partial charge in [0.1, 0.15) is 5.60 Å². The average molecular weight is 202 g/mol. The lowest BCUT2D eigenvalue weighted by molar-refractivity contribution is 0.0528. The van der Waals surface area contributed by atoms with E-state index in [4.69, 9.17) is 10.5 Å². The summed E-state index contributed by atoms with van der Waals surface area (Å²) in [5, 5.41) is 3.60. The zero-order valence-corrected chi connectivity index (χ0v) is 9.29. The number of hydrogen-bond donors (Lipinski definition) is 2. The number of guanidine groups is 1. The Morgan fingerprint density at radius 2 is 1.93 bits per heavy atom. The van der Waals surface area contributed by atoms with Crippen molar-refractivity contribution in [3.63, 3.8) is 0 Å². The predicted molar refractivity (Wildman–Crippen MR) is 54.7 cm³/mol. The van der Waals surface area contributed by atoms with Crippen molar-refractivity contribution in [2.24, 2.45) is 10.8 Å². The van der Waals surface area contributed by atoms with Gasteiger partial charge in [0.15, 0.2) is 0 Å². The first kappa shape index (κ1) is 12.5. The van der Waals surface area contributed by atoms with Crippen LogP contribution in [0.4, 0.5) is 4.79 Å². The molecule has 0 rings (SSSR count). The molecule has 0 fully saturated rings.